The molecule has 0 saturated heterocycles. The highest BCUT2D eigenvalue weighted by molar-refractivity contribution is 9.10. The maximum atomic E-state index is 5.26. The first-order chi connectivity index (χ1) is 9.15. The first kappa shape index (κ1) is 14.2. The number of aryl methyl sites for hydroxylation is 1. The lowest BCUT2D eigenvalue weighted by Crippen LogP contribution is -2.23. The summed E-state index contributed by atoms with van der Waals surface area (Å²) in [5, 5.41) is 7.37. The molecule has 1 aromatic heterocycles. The number of hydrogen-bond acceptors (Lipinski definition) is 4. The lowest BCUT2D eigenvalue weighted by molar-refractivity contribution is 0.374. The van der Waals surface area contributed by atoms with Crippen LogP contribution in [0.25, 0.3) is 11.4 Å². The monoisotopic (exact) mass is 323 g/mol. The predicted octanol–water partition coefficient (Wildman–Crippen LogP) is 3.43. The fraction of sp³-hybridized carbons (Fsp3) is 0.429. The van der Waals surface area contributed by atoms with Crippen LogP contribution in [-0.4, -0.2) is 22.7 Å². The van der Waals surface area contributed by atoms with Crippen LogP contribution in [0.3, 0.4) is 0 Å². The molecule has 1 heterocycles. The van der Waals surface area contributed by atoms with Crippen LogP contribution in [0, 0.1) is 0 Å². The summed E-state index contributed by atoms with van der Waals surface area (Å²) >= 11 is 3.41. The molecule has 0 aliphatic rings. The van der Waals surface area contributed by atoms with E-state index >= 15 is 0 Å². The molecule has 19 heavy (non-hydrogen) atoms. The Labute approximate surface area is 121 Å². The molecule has 0 bridgehead atoms. The first-order valence-corrected chi connectivity index (χ1v) is 7.26. The molecular weight excluding hydrogens is 306 g/mol. The van der Waals surface area contributed by atoms with E-state index in [1.165, 1.54) is 0 Å². The molecule has 0 spiro atoms. The number of halogens is 1. The Hall–Kier alpha value is -1.20. The van der Waals surface area contributed by atoms with Gasteiger partial charge in [-0.2, -0.15) is 4.98 Å². The summed E-state index contributed by atoms with van der Waals surface area (Å²) in [4.78, 5) is 4.41. The van der Waals surface area contributed by atoms with Crippen molar-refractivity contribution in [2.75, 3.05) is 6.54 Å². The Balaban J connectivity index is 1.90. The first-order valence-electron chi connectivity index (χ1n) is 6.47. The molecule has 4 nitrogen and oxygen atoms in total. The van der Waals surface area contributed by atoms with E-state index in [1.54, 1.807) is 0 Å². The SMILES string of the molecule is CC(C)NCCCc1nc(-c2ccc(Br)cc2)no1. The van der Waals surface area contributed by atoms with Crippen LogP contribution < -0.4 is 5.32 Å². The number of hydrogen-bond donors (Lipinski definition) is 1. The van der Waals surface area contributed by atoms with Crippen molar-refractivity contribution in [3.05, 3.63) is 34.6 Å². The van der Waals surface area contributed by atoms with E-state index in [4.69, 9.17) is 4.52 Å². The molecule has 0 aliphatic carbocycles. The maximum absolute atomic E-state index is 5.26. The van der Waals surface area contributed by atoms with Crippen molar-refractivity contribution in [2.24, 2.45) is 0 Å². The molecule has 2 aromatic rings. The molecule has 0 fully saturated rings. The molecule has 102 valence electrons. The third kappa shape index (κ3) is 4.44. The topological polar surface area (TPSA) is 51.0 Å². The summed E-state index contributed by atoms with van der Waals surface area (Å²) in [6.45, 7) is 5.24. The van der Waals surface area contributed by atoms with E-state index in [-0.39, 0.29) is 0 Å². The van der Waals surface area contributed by atoms with Crippen LogP contribution in [0.2, 0.25) is 0 Å². The maximum Gasteiger partial charge on any atom is 0.227 e. The molecule has 0 unspecified atom stereocenters. The van der Waals surface area contributed by atoms with Gasteiger partial charge in [0.15, 0.2) is 0 Å². The van der Waals surface area contributed by atoms with Crippen molar-refractivity contribution in [1.29, 1.82) is 0 Å². The molecule has 0 saturated carbocycles. The molecule has 0 radical (unpaired) electrons. The fourth-order valence-corrected chi connectivity index (χ4v) is 1.97. The third-order valence-electron chi connectivity index (χ3n) is 2.69. The number of rotatable bonds is 6. The van der Waals surface area contributed by atoms with Gasteiger partial charge in [-0.3, -0.25) is 0 Å². The standard InChI is InChI=1S/C14H18BrN3O/c1-10(2)16-9-3-4-13-17-14(18-19-13)11-5-7-12(15)8-6-11/h5-8,10,16H,3-4,9H2,1-2H3. The van der Waals surface area contributed by atoms with Gasteiger partial charge in [-0.15, -0.1) is 0 Å². The summed E-state index contributed by atoms with van der Waals surface area (Å²) in [7, 11) is 0. The Morgan fingerprint density at radius 2 is 2.00 bits per heavy atom. The van der Waals surface area contributed by atoms with Crippen molar-refractivity contribution in [3.63, 3.8) is 0 Å². The van der Waals surface area contributed by atoms with Crippen LogP contribution >= 0.6 is 15.9 Å². The molecule has 0 aliphatic heterocycles. The molecule has 1 aromatic carbocycles. The van der Waals surface area contributed by atoms with Gasteiger partial charge in [0.1, 0.15) is 0 Å². The Morgan fingerprint density at radius 3 is 2.68 bits per heavy atom. The van der Waals surface area contributed by atoms with E-state index in [9.17, 15) is 0 Å². The minimum absolute atomic E-state index is 0.515. The Kier molecular flexibility index (Phi) is 5.10. The number of aromatic nitrogens is 2. The average Bonchev–Trinajstić information content (AvgIpc) is 2.84. The highest BCUT2D eigenvalue weighted by Crippen LogP contribution is 2.19. The Morgan fingerprint density at radius 1 is 1.26 bits per heavy atom. The molecule has 2 rings (SSSR count). The van der Waals surface area contributed by atoms with Gasteiger partial charge < -0.3 is 9.84 Å². The van der Waals surface area contributed by atoms with E-state index in [0.717, 1.165) is 29.4 Å². The van der Waals surface area contributed by atoms with Gasteiger partial charge in [-0.1, -0.05) is 34.9 Å². The van der Waals surface area contributed by atoms with Gasteiger partial charge in [0.05, 0.1) is 0 Å². The Bertz CT molecular complexity index is 508. The minimum Gasteiger partial charge on any atom is -0.339 e. The van der Waals surface area contributed by atoms with Gasteiger partial charge in [-0.25, -0.2) is 0 Å². The zero-order chi connectivity index (χ0) is 13.7. The second kappa shape index (κ2) is 6.82. The van der Waals surface area contributed by atoms with Crippen molar-refractivity contribution in [1.82, 2.24) is 15.5 Å². The van der Waals surface area contributed by atoms with Crippen LogP contribution in [0.15, 0.2) is 33.3 Å². The summed E-state index contributed by atoms with van der Waals surface area (Å²) in [6, 6.07) is 8.40. The van der Waals surface area contributed by atoms with E-state index in [0.29, 0.717) is 17.8 Å². The average molecular weight is 324 g/mol. The third-order valence-corrected chi connectivity index (χ3v) is 3.22. The van der Waals surface area contributed by atoms with Gasteiger partial charge in [0.2, 0.25) is 11.7 Å². The van der Waals surface area contributed by atoms with Gasteiger partial charge in [0, 0.05) is 22.5 Å². The molecule has 1 N–H and O–H groups in total. The summed E-state index contributed by atoms with van der Waals surface area (Å²) < 4.78 is 6.30. The van der Waals surface area contributed by atoms with Gasteiger partial charge in [-0.05, 0) is 37.2 Å². The summed E-state index contributed by atoms with van der Waals surface area (Å²) in [5.41, 5.74) is 0.971. The van der Waals surface area contributed by atoms with E-state index in [1.807, 2.05) is 24.3 Å². The predicted molar refractivity (Wildman–Crippen MR) is 78.9 cm³/mol. The summed E-state index contributed by atoms with van der Waals surface area (Å²) in [6.07, 6.45) is 1.81. The lowest BCUT2D eigenvalue weighted by atomic mass is 10.2. The van der Waals surface area contributed by atoms with Crippen LogP contribution in [0.1, 0.15) is 26.2 Å². The van der Waals surface area contributed by atoms with Crippen LogP contribution in [-0.2, 0) is 6.42 Å². The molecule has 0 atom stereocenters. The number of nitrogens with zero attached hydrogens (tertiary/aromatic N) is 2. The molecule has 5 heteroatoms. The zero-order valence-corrected chi connectivity index (χ0v) is 12.8. The van der Waals surface area contributed by atoms with Crippen molar-refractivity contribution in [3.8, 4) is 11.4 Å². The molecular formula is C14H18BrN3O. The zero-order valence-electron chi connectivity index (χ0n) is 11.2. The number of nitrogens with one attached hydrogen (secondary N) is 1. The van der Waals surface area contributed by atoms with E-state index < -0.39 is 0 Å². The highest BCUT2D eigenvalue weighted by Gasteiger charge is 2.08. The second-order valence-electron chi connectivity index (χ2n) is 4.73. The largest absolute Gasteiger partial charge is 0.339 e. The van der Waals surface area contributed by atoms with E-state index in [2.05, 4.69) is 45.2 Å². The normalized spacial score (nSPS) is 11.2. The van der Waals surface area contributed by atoms with Crippen molar-refractivity contribution in [2.45, 2.75) is 32.7 Å². The fourth-order valence-electron chi connectivity index (χ4n) is 1.70. The smallest absolute Gasteiger partial charge is 0.227 e. The van der Waals surface area contributed by atoms with Crippen LogP contribution in [0.5, 0.6) is 0 Å². The second-order valence-corrected chi connectivity index (χ2v) is 5.65. The minimum atomic E-state index is 0.515. The van der Waals surface area contributed by atoms with Crippen molar-refractivity contribution >= 4 is 15.9 Å². The lowest BCUT2D eigenvalue weighted by Gasteiger charge is -2.05. The van der Waals surface area contributed by atoms with Gasteiger partial charge >= 0.3 is 0 Å². The molecule has 0 amide bonds. The quantitative estimate of drug-likeness (QED) is 0.827. The highest BCUT2D eigenvalue weighted by atomic mass is 79.9. The van der Waals surface area contributed by atoms with Crippen LogP contribution in [0.4, 0.5) is 0 Å². The summed E-state index contributed by atoms with van der Waals surface area (Å²) in [5.74, 6) is 1.35. The van der Waals surface area contributed by atoms with Gasteiger partial charge in [0.25, 0.3) is 0 Å². The van der Waals surface area contributed by atoms with Crippen molar-refractivity contribution < 1.29 is 4.52 Å². The number of benzene rings is 1.